The van der Waals surface area contributed by atoms with Gasteiger partial charge in [0.05, 0.1) is 0 Å². The van der Waals surface area contributed by atoms with E-state index >= 15 is 0 Å². The third-order valence-corrected chi connectivity index (χ3v) is 3.32. The fourth-order valence-electron chi connectivity index (χ4n) is 2.47. The van der Waals surface area contributed by atoms with Crippen molar-refractivity contribution >= 4 is 23.9 Å². The Labute approximate surface area is 145 Å². The Balaban J connectivity index is 3.16. The molecule has 1 fully saturated rings. The fraction of sp³-hybridized carbons (Fsp3) is 0.733. The largest absolute Gasteiger partial charge is 0.463 e. The lowest BCUT2D eigenvalue weighted by atomic mass is 9.96. The zero-order chi connectivity index (χ0) is 19.1. The molecule has 25 heavy (non-hydrogen) atoms. The first-order valence-electron chi connectivity index (χ1n) is 7.63. The van der Waals surface area contributed by atoms with Gasteiger partial charge < -0.3 is 29.0 Å². The van der Waals surface area contributed by atoms with Crippen molar-refractivity contribution in [1.82, 2.24) is 5.32 Å². The van der Waals surface area contributed by atoms with Crippen molar-refractivity contribution in [3.05, 3.63) is 0 Å². The molecule has 0 aromatic rings. The topological polar surface area (TPSA) is 126 Å². The number of hydrogen-bond donors (Lipinski definition) is 1. The number of nitrogens with one attached hydrogen (secondary N) is 1. The molecule has 1 aliphatic rings. The third kappa shape index (κ3) is 6.31. The van der Waals surface area contributed by atoms with E-state index in [-0.39, 0.29) is 6.61 Å². The van der Waals surface area contributed by atoms with Crippen LogP contribution < -0.4 is 5.32 Å². The van der Waals surface area contributed by atoms with Gasteiger partial charge in [0.15, 0.2) is 12.2 Å². The highest BCUT2D eigenvalue weighted by molar-refractivity contribution is 5.68. The number of ether oxygens (including phenoxy) is 5. The molecule has 5 unspecified atom stereocenters. The Kier molecular flexibility index (Phi) is 7.78. The molecule has 0 amide bonds. The highest BCUT2D eigenvalue weighted by Crippen LogP contribution is 2.27. The maximum absolute atomic E-state index is 11.5. The van der Waals surface area contributed by atoms with Gasteiger partial charge in [-0.25, -0.2) is 0 Å². The first-order valence-corrected chi connectivity index (χ1v) is 7.63. The molecule has 10 heteroatoms. The Hall–Kier alpha value is -2.20. The van der Waals surface area contributed by atoms with E-state index in [9.17, 15) is 19.2 Å². The second kappa shape index (κ2) is 9.33. The van der Waals surface area contributed by atoms with Gasteiger partial charge in [0.1, 0.15) is 18.8 Å². The molecule has 0 aliphatic carbocycles. The molecule has 0 aromatic heterocycles. The van der Waals surface area contributed by atoms with Crippen molar-refractivity contribution in [2.75, 3.05) is 13.7 Å². The number of hydrogen-bond acceptors (Lipinski definition) is 10. The van der Waals surface area contributed by atoms with E-state index in [0.29, 0.717) is 0 Å². The second-order valence-corrected chi connectivity index (χ2v) is 5.42. The van der Waals surface area contributed by atoms with Gasteiger partial charge in [0.25, 0.3) is 0 Å². The van der Waals surface area contributed by atoms with E-state index in [1.165, 1.54) is 34.7 Å². The predicted octanol–water partition coefficient (Wildman–Crippen LogP) is -0.711. The van der Waals surface area contributed by atoms with Crippen LogP contribution in [0.5, 0.6) is 0 Å². The normalized spacial score (nSPS) is 28.6. The SMILES string of the molecule is CNC1C(OC(C)=O)OC(COC(C)=O)C(OC(C)=O)C1OC(C)=O. The number of carbonyl (C=O) groups excluding carboxylic acids is 4. The molecule has 1 heterocycles. The van der Waals surface area contributed by atoms with Crippen LogP contribution in [0.25, 0.3) is 0 Å². The summed E-state index contributed by atoms with van der Waals surface area (Å²) in [6.45, 7) is 4.48. The maximum atomic E-state index is 11.5. The number of carbonyl (C=O) groups is 4. The maximum Gasteiger partial charge on any atom is 0.304 e. The molecule has 1 aliphatic heterocycles. The van der Waals surface area contributed by atoms with Gasteiger partial charge >= 0.3 is 23.9 Å². The summed E-state index contributed by atoms with van der Waals surface area (Å²) >= 11 is 0. The summed E-state index contributed by atoms with van der Waals surface area (Å²) in [6.07, 6.45) is -4.22. The molecule has 142 valence electrons. The first kappa shape index (κ1) is 20.8. The van der Waals surface area contributed by atoms with Crippen molar-refractivity contribution in [2.45, 2.75) is 58.3 Å². The van der Waals surface area contributed by atoms with Crippen molar-refractivity contribution < 1.29 is 42.9 Å². The summed E-state index contributed by atoms with van der Waals surface area (Å²) in [5.41, 5.74) is 0. The summed E-state index contributed by atoms with van der Waals surface area (Å²) in [5.74, 6) is -2.46. The molecule has 1 saturated heterocycles. The van der Waals surface area contributed by atoms with Crippen molar-refractivity contribution in [3.8, 4) is 0 Å². The summed E-state index contributed by atoms with van der Waals surface area (Å²) in [7, 11) is 1.54. The molecule has 0 bridgehead atoms. The molecule has 0 aromatic carbocycles. The molecule has 10 nitrogen and oxygen atoms in total. The highest BCUT2D eigenvalue weighted by Gasteiger charge is 2.51. The van der Waals surface area contributed by atoms with E-state index in [1.807, 2.05) is 0 Å². The van der Waals surface area contributed by atoms with Crippen LogP contribution in [0.15, 0.2) is 0 Å². The van der Waals surface area contributed by atoms with E-state index in [4.69, 9.17) is 23.7 Å². The molecular formula is C15H23NO9. The van der Waals surface area contributed by atoms with Gasteiger partial charge in [0.2, 0.25) is 6.29 Å². The summed E-state index contributed by atoms with van der Waals surface area (Å²) in [6, 6.07) is -0.800. The Morgan fingerprint density at radius 2 is 1.36 bits per heavy atom. The van der Waals surface area contributed by atoms with Crippen LogP contribution in [0.3, 0.4) is 0 Å². The highest BCUT2D eigenvalue weighted by atomic mass is 16.7. The Morgan fingerprint density at radius 1 is 0.840 bits per heavy atom. The standard InChI is InChI=1S/C15H23NO9/c1-7(17)21-6-11-13(22-8(2)18)14(23-9(3)19)12(16-5)15(25-11)24-10(4)20/h11-16H,6H2,1-5H3. The second-order valence-electron chi connectivity index (χ2n) is 5.42. The van der Waals surface area contributed by atoms with Gasteiger partial charge in [-0.1, -0.05) is 0 Å². The smallest absolute Gasteiger partial charge is 0.304 e. The van der Waals surface area contributed by atoms with Crippen LogP contribution in [-0.4, -0.2) is 68.2 Å². The van der Waals surface area contributed by atoms with Gasteiger partial charge in [-0.2, -0.15) is 0 Å². The van der Waals surface area contributed by atoms with E-state index in [0.717, 1.165) is 0 Å². The minimum Gasteiger partial charge on any atom is -0.463 e. The van der Waals surface area contributed by atoms with Crippen LogP contribution in [-0.2, 0) is 42.9 Å². The van der Waals surface area contributed by atoms with Crippen molar-refractivity contribution in [3.63, 3.8) is 0 Å². The van der Waals surface area contributed by atoms with Gasteiger partial charge in [-0.15, -0.1) is 0 Å². The third-order valence-electron chi connectivity index (χ3n) is 3.32. The van der Waals surface area contributed by atoms with Crippen LogP contribution in [0.4, 0.5) is 0 Å². The number of esters is 4. The van der Waals surface area contributed by atoms with Gasteiger partial charge in [0, 0.05) is 27.7 Å². The zero-order valence-electron chi connectivity index (χ0n) is 14.8. The minimum absolute atomic E-state index is 0.279. The Bertz CT molecular complexity index is 521. The molecule has 1 N–H and O–H groups in total. The molecule has 5 atom stereocenters. The minimum atomic E-state index is -1.14. The van der Waals surface area contributed by atoms with Crippen LogP contribution in [0, 0.1) is 0 Å². The van der Waals surface area contributed by atoms with Crippen LogP contribution in [0.2, 0.25) is 0 Å². The molecule has 1 rings (SSSR count). The Morgan fingerprint density at radius 3 is 1.80 bits per heavy atom. The molecule has 0 spiro atoms. The number of likely N-dealkylation sites (N-methyl/N-ethyl adjacent to an activating group) is 1. The average molecular weight is 361 g/mol. The monoisotopic (exact) mass is 361 g/mol. The molecule has 0 radical (unpaired) electrons. The van der Waals surface area contributed by atoms with Crippen LogP contribution in [0.1, 0.15) is 27.7 Å². The van der Waals surface area contributed by atoms with Gasteiger partial charge in [-0.05, 0) is 7.05 Å². The lowest BCUT2D eigenvalue weighted by Gasteiger charge is -2.44. The van der Waals surface area contributed by atoms with E-state index < -0.39 is 54.5 Å². The lowest BCUT2D eigenvalue weighted by Crippen LogP contribution is -2.65. The first-order chi connectivity index (χ1) is 11.6. The predicted molar refractivity (Wildman–Crippen MR) is 81.0 cm³/mol. The fourth-order valence-corrected chi connectivity index (χ4v) is 2.47. The van der Waals surface area contributed by atoms with E-state index in [2.05, 4.69) is 5.32 Å². The number of rotatable bonds is 6. The summed E-state index contributed by atoms with van der Waals surface area (Å²) in [5, 5.41) is 2.82. The van der Waals surface area contributed by atoms with E-state index in [1.54, 1.807) is 0 Å². The lowest BCUT2D eigenvalue weighted by molar-refractivity contribution is -0.270. The molecular weight excluding hydrogens is 338 g/mol. The molecule has 0 saturated carbocycles. The van der Waals surface area contributed by atoms with Crippen molar-refractivity contribution in [1.29, 1.82) is 0 Å². The summed E-state index contributed by atoms with van der Waals surface area (Å²) in [4.78, 5) is 45.3. The zero-order valence-corrected chi connectivity index (χ0v) is 14.8. The summed E-state index contributed by atoms with van der Waals surface area (Å²) < 4.78 is 26.1. The van der Waals surface area contributed by atoms with Crippen molar-refractivity contribution in [2.24, 2.45) is 0 Å². The quantitative estimate of drug-likeness (QED) is 0.479. The van der Waals surface area contributed by atoms with Crippen LogP contribution >= 0.6 is 0 Å². The van der Waals surface area contributed by atoms with Gasteiger partial charge in [-0.3, -0.25) is 19.2 Å². The average Bonchev–Trinajstić information content (AvgIpc) is 2.46.